The Labute approximate surface area is 331 Å². The minimum Gasteiger partial charge on any atom is -0.392 e. The van der Waals surface area contributed by atoms with Gasteiger partial charge in [0.25, 0.3) is 0 Å². The summed E-state index contributed by atoms with van der Waals surface area (Å²) in [7, 11) is 1.86. The molecule has 6 heteroatoms. The second-order valence-corrected chi connectivity index (χ2v) is 18.2. The van der Waals surface area contributed by atoms with Gasteiger partial charge in [0.2, 0.25) is 0 Å². The van der Waals surface area contributed by atoms with E-state index in [-0.39, 0.29) is 58.4 Å². The van der Waals surface area contributed by atoms with Gasteiger partial charge in [-0.2, -0.15) is 0 Å². The van der Waals surface area contributed by atoms with Crippen molar-refractivity contribution in [2.45, 2.75) is 193 Å². The molecular weight excluding hydrogens is 655 g/mol. The molecular formula is C47H91N3O3. The summed E-state index contributed by atoms with van der Waals surface area (Å²) in [4.78, 5) is 5.34. The number of aliphatic hydroxyl groups excluding tert-OH is 1. The van der Waals surface area contributed by atoms with Gasteiger partial charge in [0, 0.05) is 37.2 Å². The van der Waals surface area contributed by atoms with Gasteiger partial charge in [-0.3, -0.25) is 4.99 Å². The van der Waals surface area contributed by atoms with Crippen molar-refractivity contribution in [1.82, 2.24) is 5.32 Å². The van der Waals surface area contributed by atoms with E-state index >= 15 is 0 Å². The zero-order chi connectivity index (χ0) is 41.3. The summed E-state index contributed by atoms with van der Waals surface area (Å²) in [5.41, 5.74) is 8.55. The minimum absolute atomic E-state index is 0.0334. The maximum atomic E-state index is 11.8. The molecule has 0 radical (unpaired) electrons. The predicted octanol–water partition coefficient (Wildman–Crippen LogP) is 10.8. The average Bonchev–Trinajstić information content (AvgIpc) is 3.66. The standard InChI is InChI=1S/C41H79N3O3.C4H6.C2H6/c1-16-30(8)39(11,12)38(45)32(10)35(44-25-33-18-19-43-24-33)28(6)21-41(14,46-15)22-29(7)36(31(9)26(3)4)47-34-20-27(5)37(42)40(13,17-2)23-34;1-3-4-2;1-2/h27-34,36-38,43,45H,3,16-25,42H2,1-2,4-15H3;1-2H3;1-2H3/t27?,28-,29-,30-,31?,32?,33?,34-,36+,37+,38?,40-,41-;;/m1../s1. The molecule has 2 rings (SSSR count). The van der Waals surface area contributed by atoms with Crippen LogP contribution in [0.3, 0.4) is 0 Å². The van der Waals surface area contributed by atoms with Gasteiger partial charge in [0.05, 0.1) is 23.9 Å². The van der Waals surface area contributed by atoms with Crippen LogP contribution in [0.4, 0.5) is 0 Å². The minimum atomic E-state index is -0.470. The number of hydrogen-bond donors (Lipinski definition) is 3. The number of ether oxygens (including phenoxy) is 2. The summed E-state index contributed by atoms with van der Waals surface area (Å²) >= 11 is 0. The lowest BCUT2D eigenvalue weighted by molar-refractivity contribution is -0.120. The zero-order valence-corrected chi connectivity index (χ0v) is 38.4. The van der Waals surface area contributed by atoms with Crippen molar-refractivity contribution in [3.63, 3.8) is 0 Å². The number of nitrogens with two attached hydrogens (primary N) is 1. The first-order valence-corrected chi connectivity index (χ1v) is 21.6. The molecule has 5 unspecified atom stereocenters. The van der Waals surface area contributed by atoms with Gasteiger partial charge < -0.3 is 25.6 Å². The molecule has 1 heterocycles. The molecule has 13 atom stereocenters. The van der Waals surface area contributed by atoms with Gasteiger partial charge in [-0.15, -0.1) is 11.8 Å². The molecule has 1 saturated heterocycles. The maximum Gasteiger partial charge on any atom is 0.0671 e. The monoisotopic (exact) mass is 746 g/mol. The SMILES string of the molecule is C=C(C)C(C)[C@@H](O[C@@H]1CC(C)[C@H](N)[C@](C)(CC)C1)[C@H](C)C[C@@](C)(C[C@@H](C)C(=NCC1CCNC1)C(C)C(O)C(C)(C)[C@H](C)CC)OC.CC.CC#CC. The molecule has 0 aromatic heterocycles. The third kappa shape index (κ3) is 15.3. The summed E-state index contributed by atoms with van der Waals surface area (Å²) in [6.07, 6.45) is 6.77. The Hall–Kier alpha value is -1.23. The van der Waals surface area contributed by atoms with Crippen LogP contribution in [0.5, 0.6) is 0 Å². The second-order valence-electron chi connectivity index (χ2n) is 18.2. The zero-order valence-electron chi connectivity index (χ0n) is 38.4. The van der Waals surface area contributed by atoms with Crippen molar-refractivity contribution >= 4 is 5.71 Å². The summed E-state index contributed by atoms with van der Waals surface area (Å²) in [6, 6.07) is 0.206. The molecule has 2 aliphatic rings. The van der Waals surface area contributed by atoms with E-state index < -0.39 is 6.10 Å². The van der Waals surface area contributed by atoms with Crippen LogP contribution >= 0.6 is 0 Å². The highest BCUT2D eigenvalue weighted by Gasteiger charge is 2.44. The van der Waals surface area contributed by atoms with Gasteiger partial charge in [-0.1, -0.05) is 109 Å². The molecule has 0 bridgehead atoms. The Balaban J connectivity index is 0.00000420. The van der Waals surface area contributed by atoms with Gasteiger partial charge in [0.15, 0.2) is 0 Å². The number of methoxy groups -OCH3 is 1. The molecule has 4 N–H and O–H groups in total. The van der Waals surface area contributed by atoms with Crippen LogP contribution in [0.1, 0.15) is 163 Å². The van der Waals surface area contributed by atoms with Gasteiger partial charge in [-0.05, 0) is 120 Å². The lowest BCUT2D eigenvalue weighted by Gasteiger charge is -2.48. The Kier molecular flexibility index (Phi) is 23.8. The van der Waals surface area contributed by atoms with Crippen LogP contribution in [-0.4, -0.2) is 67.5 Å². The van der Waals surface area contributed by atoms with Crippen molar-refractivity contribution in [3.05, 3.63) is 12.2 Å². The number of aliphatic hydroxyl groups is 1. The third-order valence-electron chi connectivity index (χ3n) is 13.8. The van der Waals surface area contributed by atoms with Gasteiger partial charge >= 0.3 is 0 Å². The highest BCUT2D eigenvalue weighted by molar-refractivity contribution is 5.89. The maximum absolute atomic E-state index is 11.8. The molecule has 0 aromatic carbocycles. The van der Waals surface area contributed by atoms with E-state index in [0.29, 0.717) is 17.8 Å². The van der Waals surface area contributed by atoms with Crippen molar-refractivity contribution in [2.24, 2.45) is 63.0 Å². The Morgan fingerprint density at radius 3 is 2.09 bits per heavy atom. The fourth-order valence-electron chi connectivity index (χ4n) is 9.00. The molecule has 6 nitrogen and oxygen atoms in total. The lowest BCUT2D eigenvalue weighted by atomic mass is 9.65. The molecule has 1 aliphatic heterocycles. The molecule has 53 heavy (non-hydrogen) atoms. The molecule has 1 saturated carbocycles. The van der Waals surface area contributed by atoms with Crippen molar-refractivity contribution in [1.29, 1.82) is 0 Å². The van der Waals surface area contributed by atoms with E-state index in [0.717, 1.165) is 69.4 Å². The summed E-state index contributed by atoms with van der Waals surface area (Å²) < 4.78 is 13.5. The third-order valence-corrected chi connectivity index (χ3v) is 13.8. The average molecular weight is 746 g/mol. The van der Waals surface area contributed by atoms with E-state index in [4.69, 9.17) is 20.2 Å². The summed E-state index contributed by atoms with van der Waals surface area (Å²) in [6.45, 7) is 44.3. The van der Waals surface area contributed by atoms with Crippen molar-refractivity contribution in [2.75, 3.05) is 26.7 Å². The first kappa shape index (κ1) is 51.8. The van der Waals surface area contributed by atoms with Crippen LogP contribution in [0.25, 0.3) is 0 Å². The van der Waals surface area contributed by atoms with Gasteiger partial charge in [0.1, 0.15) is 0 Å². The molecule has 312 valence electrons. The summed E-state index contributed by atoms with van der Waals surface area (Å²) in [5, 5.41) is 15.3. The normalized spacial score (nSPS) is 28.6. The fraction of sp³-hybridized carbons (Fsp3) is 0.894. The van der Waals surface area contributed by atoms with E-state index in [1.54, 1.807) is 0 Å². The number of nitrogens with one attached hydrogen (secondary N) is 1. The topological polar surface area (TPSA) is 89.1 Å². The number of aliphatic imine (C=N–C) groups is 1. The fourth-order valence-corrected chi connectivity index (χ4v) is 9.00. The molecule has 0 spiro atoms. The number of hydrogen-bond acceptors (Lipinski definition) is 6. The first-order valence-electron chi connectivity index (χ1n) is 21.6. The largest absolute Gasteiger partial charge is 0.392 e. The van der Waals surface area contributed by atoms with E-state index in [1.807, 2.05) is 34.8 Å². The molecule has 2 fully saturated rings. The van der Waals surface area contributed by atoms with E-state index in [2.05, 4.69) is 114 Å². The predicted molar refractivity (Wildman–Crippen MR) is 233 cm³/mol. The molecule has 1 aliphatic carbocycles. The Bertz CT molecular complexity index is 1110. The summed E-state index contributed by atoms with van der Waals surface area (Å²) in [5.74, 6) is 7.39. The molecule has 0 aromatic rings. The highest BCUT2D eigenvalue weighted by atomic mass is 16.5. The quantitative estimate of drug-likeness (QED) is 0.0696. The molecule has 0 amide bonds. The Morgan fingerprint density at radius 2 is 1.64 bits per heavy atom. The van der Waals surface area contributed by atoms with Crippen LogP contribution < -0.4 is 11.1 Å². The van der Waals surface area contributed by atoms with Crippen LogP contribution in [0.2, 0.25) is 0 Å². The van der Waals surface area contributed by atoms with Crippen LogP contribution in [0, 0.1) is 64.1 Å². The van der Waals surface area contributed by atoms with E-state index in [1.165, 1.54) is 6.42 Å². The van der Waals surface area contributed by atoms with E-state index in [9.17, 15) is 5.11 Å². The van der Waals surface area contributed by atoms with Gasteiger partial charge in [-0.25, -0.2) is 0 Å². The number of nitrogens with zero attached hydrogens (tertiary/aromatic N) is 1. The Morgan fingerprint density at radius 1 is 1.06 bits per heavy atom. The second kappa shape index (κ2) is 24.4. The van der Waals surface area contributed by atoms with Crippen LogP contribution in [-0.2, 0) is 9.47 Å². The number of rotatable bonds is 19. The highest BCUT2D eigenvalue weighted by Crippen LogP contribution is 2.44. The van der Waals surface area contributed by atoms with Crippen molar-refractivity contribution in [3.8, 4) is 11.8 Å². The van der Waals surface area contributed by atoms with Crippen LogP contribution in [0.15, 0.2) is 17.1 Å². The van der Waals surface area contributed by atoms with Crippen molar-refractivity contribution < 1.29 is 14.6 Å². The smallest absolute Gasteiger partial charge is 0.0671 e. The lowest BCUT2D eigenvalue weighted by Crippen LogP contribution is -2.52. The first-order chi connectivity index (χ1) is 24.7.